The minimum atomic E-state index is -0.997. The normalized spacial score (nSPS) is 31.0. The lowest BCUT2D eigenvalue weighted by Gasteiger charge is -2.30. The maximum Gasteiger partial charge on any atom is 0.405 e. The summed E-state index contributed by atoms with van der Waals surface area (Å²) in [7, 11) is 6.74. The molecule has 1 heterocycles. The molecule has 0 aromatic heterocycles. The summed E-state index contributed by atoms with van der Waals surface area (Å²) in [4.78, 5) is 53.7. The van der Waals surface area contributed by atoms with E-state index in [1.807, 2.05) is 32.8 Å². The van der Waals surface area contributed by atoms with Crippen molar-refractivity contribution in [3.63, 3.8) is 0 Å². The van der Waals surface area contributed by atoms with Crippen LogP contribution in [0.3, 0.4) is 0 Å². The summed E-state index contributed by atoms with van der Waals surface area (Å²) in [6, 6.07) is 0. The topological polar surface area (TPSA) is 170 Å². The Morgan fingerprint density at radius 1 is 1.16 bits per heavy atom. The molecule has 44 heavy (non-hydrogen) atoms. The Kier molecular flexibility index (Phi) is 14.2. The number of aliphatic hydroxyl groups excluding tert-OH is 1. The van der Waals surface area contributed by atoms with Gasteiger partial charge in [-0.15, -0.1) is 0 Å². The van der Waals surface area contributed by atoms with E-state index in [0.29, 0.717) is 25.1 Å². The maximum absolute atomic E-state index is 13.7. The first kappa shape index (κ1) is 36.6. The molecule has 0 radical (unpaired) electrons. The highest BCUT2D eigenvalue weighted by atomic mass is 16.6. The van der Waals surface area contributed by atoms with E-state index in [1.165, 1.54) is 20.3 Å². The molecule has 2 bridgehead atoms. The molecular formula is C32H48N4O8. The molecule has 12 heteroatoms. The fourth-order valence-corrected chi connectivity index (χ4v) is 5.18. The van der Waals surface area contributed by atoms with E-state index >= 15 is 0 Å². The number of likely N-dealkylation sites (N-methyl/N-ethyl adjacent to an activating group) is 1. The number of amides is 2. The Morgan fingerprint density at radius 2 is 1.84 bits per heavy atom. The van der Waals surface area contributed by atoms with Gasteiger partial charge in [0.2, 0.25) is 11.6 Å². The van der Waals surface area contributed by atoms with Gasteiger partial charge < -0.3 is 40.6 Å². The second-order valence-corrected chi connectivity index (χ2v) is 11.7. The number of ketones is 2. The number of nitrogens with zero attached hydrogens (tertiary/aromatic N) is 1. The van der Waals surface area contributed by atoms with Crippen LogP contribution in [0.1, 0.15) is 40.5 Å². The molecule has 0 aromatic rings. The third-order valence-electron chi connectivity index (χ3n) is 7.65. The Balaban J connectivity index is 2.60. The lowest BCUT2D eigenvalue weighted by molar-refractivity contribution is -0.120. The molecule has 0 saturated carbocycles. The Labute approximate surface area is 260 Å². The van der Waals surface area contributed by atoms with Crippen LogP contribution in [0.2, 0.25) is 0 Å². The van der Waals surface area contributed by atoms with Gasteiger partial charge in [-0.1, -0.05) is 38.2 Å². The fraction of sp³-hybridized carbons (Fsp3) is 0.562. The van der Waals surface area contributed by atoms with Crippen LogP contribution >= 0.6 is 0 Å². The van der Waals surface area contributed by atoms with Crippen molar-refractivity contribution in [3.8, 4) is 0 Å². The Bertz CT molecular complexity index is 1230. The van der Waals surface area contributed by atoms with Crippen molar-refractivity contribution in [2.45, 2.75) is 65.0 Å². The molecule has 2 rings (SSSR count). The molecule has 0 fully saturated rings. The number of methoxy groups -OCH3 is 2. The molecule has 5 N–H and O–H groups in total. The van der Waals surface area contributed by atoms with Crippen LogP contribution in [-0.2, 0) is 28.6 Å². The van der Waals surface area contributed by atoms with E-state index in [4.69, 9.17) is 19.9 Å². The van der Waals surface area contributed by atoms with Crippen molar-refractivity contribution in [3.05, 3.63) is 58.5 Å². The highest BCUT2D eigenvalue weighted by Crippen LogP contribution is 2.28. The van der Waals surface area contributed by atoms with Gasteiger partial charge in [-0.3, -0.25) is 14.4 Å². The van der Waals surface area contributed by atoms with Gasteiger partial charge in [-0.05, 0) is 52.3 Å². The van der Waals surface area contributed by atoms with E-state index in [0.717, 1.165) is 6.08 Å². The second kappa shape index (κ2) is 17.0. The van der Waals surface area contributed by atoms with E-state index in [2.05, 4.69) is 10.6 Å². The summed E-state index contributed by atoms with van der Waals surface area (Å²) in [5, 5.41) is 17.0. The van der Waals surface area contributed by atoms with Crippen LogP contribution in [0.4, 0.5) is 4.79 Å². The van der Waals surface area contributed by atoms with Crippen LogP contribution < -0.4 is 16.4 Å². The van der Waals surface area contributed by atoms with Gasteiger partial charge in [0.1, 0.15) is 6.10 Å². The fourth-order valence-electron chi connectivity index (χ4n) is 5.18. The van der Waals surface area contributed by atoms with E-state index in [1.54, 1.807) is 32.1 Å². The summed E-state index contributed by atoms with van der Waals surface area (Å²) in [6.07, 6.45) is 3.88. The molecule has 0 spiro atoms. The molecular weight excluding hydrogens is 568 g/mol. The molecule has 244 valence electrons. The molecule has 0 aromatic carbocycles. The van der Waals surface area contributed by atoms with Gasteiger partial charge in [-0.2, -0.15) is 0 Å². The van der Waals surface area contributed by atoms with Crippen molar-refractivity contribution >= 4 is 23.6 Å². The number of carbonyl (C=O) groups excluding carboxylic acids is 4. The van der Waals surface area contributed by atoms with Gasteiger partial charge in [0.05, 0.1) is 23.6 Å². The first-order valence-corrected chi connectivity index (χ1v) is 14.7. The van der Waals surface area contributed by atoms with Gasteiger partial charge in [0.15, 0.2) is 6.10 Å². The average Bonchev–Trinajstić information content (AvgIpc) is 2.95. The summed E-state index contributed by atoms with van der Waals surface area (Å²) >= 11 is 0. The molecule has 0 unspecified atom stereocenters. The number of hydrogen-bond acceptors (Lipinski definition) is 10. The number of nitrogens with one attached hydrogen (secondary N) is 2. The minimum Gasteiger partial charge on any atom is -0.439 e. The smallest absolute Gasteiger partial charge is 0.405 e. The van der Waals surface area contributed by atoms with Crippen molar-refractivity contribution < 1.29 is 38.5 Å². The third-order valence-corrected chi connectivity index (χ3v) is 7.65. The summed E-state index contributed by atoms with van der Waals surface area (Å²) in [5.74, 6) is -2.06. The largest absolute Gasteiger partial charge is 0.439 e. The van der Waals surface area contributed by atoms with Gasteiger partial charge in [0, 0.05) is 50.4 Å². The molecule has 2 amide bonds. The highest BCUT2D eigenvalue weighted by molar-refractivity contribution is 6.23. The molecule has 6 atom stereocenters. The molecule has 1 aliphatic heterocycles. The number of rotatable bonds is 7. The number of fused-ring (bicyclic) bond motifs is 2. The van der Waals surface area contributed by atoms with Gasteiger partial charge in [-0.25, -0.2) is 4.79 Å². The monoisotopic (exact) mass is 616 g/mol. The quantitative estimate of drug-likeness (QED) is 0.245. The van der Waals surface area contributed by atoms with Crippen molar-refractivity contribution in [1.29, 1.82) is 0 Å². The first-order chi connectivity index (χ1) is 20.7. The standard InChI is InChI=1S/C32H48N4O8/c1-18-14-22-27(34-12-13-36(5)6)24(37)17-23(29(22)39)35-31(40)19(2)10-9-11-25(42-7)30(44-32(33)41)21(4)16-20(3)28(38)26(15-18)43-8/h9-11,16-18,20,25-26,28,30,34,38H,12-15H2,1-8H3,(H2,33,41)(H,35,40)/b11-9-,19-10-,21-16-/t18-,20+,25-,26+,28+,30+/m0/s1. The van der Waals surface area contributed by atoms with Crippen LogP contribution in [0.25, 0.3) is 0 Å². The molecule has 12 nitrogen and oxygen atoms in total. The van der Waals surface area contributed by atoms with Crippen LogP contribution in [0, 0.1) is 11.8 Å². The van der Waals surface area contributed by atoms with Crippen molar-refractivity contribution in [2.75, 3.05) is 41.4 Å². The summed E-state index contributed by atoms with van der Waals surface area (Å²) < 4.78 is 16.6. The number of hydrogen-bond donors (Lipinski definition) is 4. The summed E-state index contributed by atoms with van der Waals surface area (Å²) in [6.45, 7) is 8.09. The predicted molar refractivity (Wildman–Crippen MR) is 166 cm³/mol. The lowest BCUT2D eigenvalue weighted by atomic mass is 9.85. The number of carbonyl (C=O) groups is 4. The second-order valence-electron chi connectivity index (χ2n) is 11.7. The first-order valence-electron chi connectivity index (χ1n) is 14.7. The SMILES string of the molecule is CO[C@H]1/C=C\C=C(\C)C(=O)NC2=CC(=O)C(NCCN(C)C)=C(C[C@H](C)C[C@@H](OC)[C@H](O)[C@H](C)/C=C(/C)[C@H]1OC(N)=O)C2=O. The average molecular weight is 617 g/mol. The Hall–Kier alpha value is -3.58. The lowest BCUT2D eigenvalue weighted by Crippen LogP contribution is -2.38. The van der Waals surface area contributed by atoms with E-state index in [9.17, 15) is 24.3 Å². The molecule has 0 saturated heterocycles. The summed E-state index contributed by atoms with van der Waals surface area (Å²) in [5.41, 5.74) is 6.55. The predicted octanol–water partition coefficient (Wildman–Crippen LogP) is 1.91. The Morgan fingerprint density at radius 3 is 2.43 bits per heavy atom. The zero-order valence-electron chi connectivity index (χ0n) is 27.0. The van der Waals surface area contributed by atoms with Crippen molar-refractivity contribution in [1.82, 2.24) is 15.5 Å². The minimum absolute atomic E-state index is 0.114. The number of Topliss-reactive ketones (excluding diaryl/α,β-unsaturated/α-hetero) is 1. The van der Waals surface area contributed by atoms with Gasteiger partial charge >= 0.3 is 6.09 Å². The zero-order chi connectivity index (χ0) is 33.1. The number of ether oxygens (including phenoxy) is 3. The molecule has 2 aliphatic rings. The third kappa shape index (κ3) is 10.3. The number of primary amides is 1. The number of nitrogens with two attached hydrogens (primary N) is 1. The van der Waals surface area contributed by atoms with Gasteiger partial charge in [0.25, 0.3) is 5.91 Å². The molecule has 1 aliphatic carbocycles. The van der Waals surface area contributed by atoms with Crippen molar-refractivity contribution in [2.24, 2.45) is 17.6 Å². The van der Waals surface area contributed by atoms with Crippen LogP contribution in [0.5, 0.6) is 0 Å². The number of aliphatic hydroxyl groups is 1. The van der Waals surface area contributed by atoms with E-state index in [-0.39, 0.29) is 34.9 Å². The van der Waals surface area contributed by atoms with Crippen LogP contribution in [-0.4, -0.2) is 99.4 Å². The zero-order valence-corrected chi connectivity index (χ0v) is 27.0. The van der Waals surface area contributed by atoms with Crippen LogP contribution in [0.15, 0.2) is 58.5 Å². The number of allylic oxidation sites excluding steroid dienone is 4. The highest BCUT2D eigenvalue weighted by Gasteiger charge is 2.33. The van der Waals surface area contributed by atoms with E-state index < -0.39 is 53.9 Å². The maximum atomic E-state index is 13.7.